The lowest BCUT2D eigenvalue weighted by Crippen LogP contribution is -2.43. The molecule has 0 atom stereocenters. The van der Waals surface area contributed by atoms with E-state index in [4.69, 9.17) is 0 Å². The van der Waals surface area contributed by atoms with Crippen LogP contribution >= 0.6 is 0 Å². The molecule has 2 aliphatic rings. The number of carbonyl (C=O) groups excluding carboxylic acids is 2. The van der Waals surface area contributed by atoms with E-state index in [2.05, 4.69) is 15.3 Å². The predicted octanol–water partition coefficient (Wildman–Crippen LogP) is 3.23. The lowest BCUT2D eigenvalue weighted by atomic mass is 9.90. The molecule has 2 aromatic rings. The molecule has 2 fully saturated rings. The number of nitrogens with zero attached hydrogens (tertiary/aromatic N) is 4. The molecule has 2 heterocycles. The lowest BCUT2D eigenvalue weighted by molar-refractivity contribution is -0.384. The summed E-state index contributed by atoms with van der Waals surface area (Å²) in [6, 6.07) is 8.25. The monoisotopic (exact) mass is 409 g/mol. The molecule has 1 N–H and O–H groups in total. The number of nitro benzene ring substituents is 1. The van der Waals surface area contributed by atoms with Crippen molar-refractivity contribution in [3.05, 3.63) is 46.1 Å². The number of imide groups is 1. The van der Waals surface area contributed by atoms with E-state index < -0.39 is 4.92 Å². The van der Waals surface area contributed by atoms with Crippen molar-refractivity contribution in [1.29, 1.82) is 0 Å². The van der Waals surface area contributed by atoms with Crippen LogP contribution in [0.1, 0.15) is 44.2 Å². The van der Waals surface area contributed by atoms with Gasteiger partial charge >= 0.3 is 0 Å². The molecular formula is C21H23N5O4. The van der Waals surface area contributed by atoms with Gasteiger partial charge in [-0.15, -0.1) is 0 Å². The molecule has 0 unspecified atom stereocenters. The summed E-state index contributed by atoms with van der Waals surface area (Å²) in [5.74, 6) is 1.12. The van der Waals surface area contributed by atoms with Gasteiger partial charge in [0, 0.05) is 54.4 Å². The number of amides is 2. The Bertz CT molecular complexity index is 967. The topological polar surface area (TPSA) is 118 Å². The smallest absolute Gasteiger partial charge is 0.269 e. The fourth-order valence-corrected chi connectivity index (χ4v) is 4.19. The fraction of sp³-hybridized carbons (Fsp3) is 0.429. The molecule has 1 aromatic carbocycles. The molecule has 9 nitrogen and oxygen atoms in total. The Labute approximate surface area is 173 Å². The van der Waals surface area contributed by atoms with E-state index in [-0.39, 0.29) is 29.6 Å². The summed E-state index contributed by atoms with van der Waals surface area (Å²) in [5.41, 5.74) is 1.53. The number of nitrogens with one attached hydrogen (secondary N) is 1. The molecule has 0 spiro atoms. The summed E-state index contributed by atoms with van der Waals surface area (Å²) in [7, 11) is 0. The van der Waals surface area contributed by atoms with E-state index >= 15 is 0 Å². The first-order chi connectivity index (χ1) is 14.4. The Hall–Kier alpha value is -3.36. The molecule has 156 valence electrons. The summed E-state index contributed by atoms with van der Waals surface area (Å²) in [5, 5.41) is 14.3. The number of aryl methyl sites for hydroxylation is 1. The number of non-ortho nitro benzene ring substituents is 1. The molecule has 1 saturated heterocycles. The lowest BCUT2D eigenvalue weighted by Gasteiger charge is -2.34. The third kappa shape index (κ3) is 4.14. The summed E-state index contributed by atoms with van der Waals surface area (Å²) < 4.78 is 0. The van der Waals surface area contributed by atoms with Crippen molar-refractivity contribution in [2.24, 2.45) is 0 Å². The largest absolute Gasteiger partial charge is 0.367 e. The van der Waals surface area contributed by atoms with Gasteiger partial charge in [0.05, 0.1) is 4.92 Å². The third-order valence-corrected chi connectivity index (χ3v) is 5.69. The van der Waals surface area contributed by atoms with Crippen molar-refractivity contribution >= 4 is 23.3 Å². The van der Waals surface area contributed by atoms with Crippen molar-refractivity contribution in [3.63, 3.8) is 0 Å². The minimum Gasteiger partial charge on any atom is -0.367 e. The minimum absolute atomic E-state index is 0.00774. The molecule has 0 radical (unpaired) electrons. The Morgan fingerprint density at radius 1 is 1.03 bits per heavy atom. The van der Waals surface area contributed by atoms with Crippen LogP contribution in [0.4, 0.5) is 11.5 Å². The number of nitro groups is 1. The van der Waals surface area contributed by atoms with Crippen molar-refractivity contribution in [3.8, 4) is 11.4 Å². The van der Waals surface area contributed by atoms with Gasteiger partial charge in [-0.3, -0.25) is 24.6 Å². The maximum Gasteiger partial charge on any atom is 0.269 e. The highest BCUT2D eigenvalue weighted by Crippen LogP contribution is 2.29. The fourth-order valence-electron chi connectivity index (χ4n) is 4.19. The number of hydrogen-bond donors (Lipinski definition) is 1. The molecule has 4 rings (SSSR count). The highest BCUT2D eigenvalue weighted by Gasteiger charge is 2.36. The second-order valence-electron chi connectivity index (χ2n) is 7.83. The average Bonchev–Trinajstić information content (AvgIpc) is 3.06. The quantitative estimate of drug-likeness (QED) is 0.457. The van der Waals surface area contributed by atoms with Gasteiger partial charge in [-0.05, 0) is 44.7 Å². The molecular weight excluding hydrogens is 386 g/mol. The number of anilines is 1. The molecule has 1 saturated carbocycles. The Morgan fingerprint density at radius 2 is 1.67 bits per heavy atom. The van der Waals surface area contributed by atoms with Crippen LogP contribution in [-0.4, -0.2) is 43.7 Å². The SMILES string of the molecule is Cc1cc(NC2CCC(N3C(=O)CCC3=O)CC2)nc(-c2ccc([N+](=O)[O-])cc2)n1. The van der Waals surface area contributed by atoms with Gasteiger partial charge in [-0.1, -0.05) is 0 Å². The summed E-state index contributed by atoms with van der Waals surface area (Å²) in [6.07, 6.45) is 3.93. The molecule has 0 bridgehead atoms. The van der Waals surface area contributed by atoms with Crippen LogP contribution in [0.15, 0.2) is 30.3 Å². The van der Waals surface area contributed by atoms with E-state index in [9.17, 15) is 19.7 Å². The number of carbonyl (C=O) groups is 2. The van der Waals surface area contributed by atoms with Crippen molar-refractivity contribution in [2.75, 3.05) is 5.32 Å². The highest BCUT2D eigenvalue weighted by molar-refractivity contribution is 6.02. The van der Waals surface area contributed by atoms with E-state index in [1.165, 1.54) is 17.0 Å². The van der Waals surface area contributed by atoms with Crippen LogP contribution in [0, 0.1) is 17.0 Å². The molecule has 1 aromatic heterocycles. The van der Waals surface area contributed by atoms with E-state index in [0.717, 1.165) is 31.4 Å². The van der Waals surface area contributed by atoms with Crippen LogP contribution < -0.4 is 5.32 Å². The van der Waals surface area contributed by atoms with Gasteiger partial charge in [0.25, 0.3) is 5.69 Å². The van der Waals surface area contributed by atoms with Gasteiger partial charge in [-0.25, -0.2) is 9.97 Å². The Morgan fingerprint density at radius 3 is 2.27 bits per heavy atom. The number of aromatic nitrogens is 2. The van der Waals surface area contributed by atoms with Crippen LogP contribution in [0.25, 0.3) is 11.4 Å². The average molecular weight is 409 g/mol. The highest BCUT2D eigenvalue weighted by atomic mass is 16.6. The second kappa shape index (κ2) is 8.17. The van der Waals surface area contributed by atoms with Crippen LogP contribution in [0.5, 0.6) is 0 Å². The zero-order valence-electron chi connectivity index (χ0n) is 16.7. The first-order valence-corrected chi connectivity index (χ1v) is 10.1. The van der Waals surface area contributed by atoms with Crippen molar-refractivity contribution in [2.45, 2.75) is 57.5 Å². The predicted molar refractivity (Wildman–Crippen MR) is 110 cm³/mol. The first-order valence-electron chi connectivity index (χ1n) is 10.1. The zero-order valence-corrected chi connectivity index (χ0v) is 16.7. The Balaban J connectivity index is 1.42. The van der Waals surface area contributed by atoms with Gasteiger partial charge in [0.2, 0.25) is 11.8 Å². The van der Waals surface area contributed by atoms with Gasteiger partial charge < -0.3 is 5.32 Å². The number of hydrogen-bond acceptors (Lipinski definition) is 7. The normalized spacial score (nSPS) is 21.7. The van der Waals surface area contributed by atoms with Crippen molar-refractivity contribution in [1.82, 2.24) is 14.9 Å². The van der Waals surface area contributed by atoms with Crippen LogP contribution in [0.2, 0.25) is 0 Å². The van der Waals surface area contributed by atoms with Gasteiger partial charge in [0.1, 0.15) is 5.82 Å². The van der Waals surface area contributed by atoms with Crippen LogP contribution in [-0.2, 0) is 9.59 Å². The number of rotatable bonds is 5. The molecule has 1 aliphatic heterocycles. The Kier molecular flexibility index (Phi) is 5.43. The van der Waals surface area contributed by atoms with Crippen molar-refractivity contribution < 1.29 is 14.5 Å². The standard InChI is InChI=1S/C21H23N5O4/c1-13-12-18(24-21(22-13)14-2-6-17(7-3-14)26(29)30)23-15-4-8-16(9-5-15)25-19(27)10-11-20(25)28/h2-3,6-7,12,15-16H,4-5,8-11H2,1H3,(H,22,23,24). The maximum atomic E-state index is 12.0. The molecule has 1 aliphatic carbocycles. The first kappa shape index (κ1) is 19.9. The minimum atomic E-state index is -0.437. The zero-order chi connectivity index (χ0) is 21.3. The maximum absolute atomic E-state index is 12.0. The van der Waals surface area contributed by atoms with Gasteiger partial charge in [-0.2, -0.15) is 0 Å². The van der Waals surface area contributed by atoms with Crippen LogP contribution in [0.3, 0.4) is 0 Å². The number of benzene rings is 1. The molecule has 30 heavy (non-hydrogen) atoms. The molecule has 9 heteroatoms. The summed E-state index contributed by atoms with van der Waals surface area (Å²) in [6.45, 7) is 1.88. The molecule has 2 amide bonds. The summed E-state index contributed by atoms with van der Waals surface area (Å²) >= 11 is 0. The second-order valence-corrected chi connectivity index (χ2v) is 7.83. The van der Waals surface area contributed by atoms with Gasteiger partial charge in [0.15, 0.2) is 5.82 Å². The van der Waals surface area contributed by atoms with E-state index in [1.54, 1.807) is 12.1 Å². The third-order valence-electron chi connectivity index (χ3n) is 5.69. The summed E-state index contributed by atoms with van der Waals surface area (Å²) in [4.78, 5) is 44.8. The number of likely N-dealkylation sites (tertiary alicyclic amines) is 1. The van der Waals surface area contributed by atoms with E-state index in [0.29, 0.717) is 30.0 Å². The van der Waals surface area contributed by atoms with E-state index in [1.807, 2.05) is 13.0 Å².